The highest BCUT2D eigenvalue weighted by molar-refractivity contribution is 7.18. The van der Waals surface area contributed by atoms with E-state index in [0.29, 0.717) is 5.13 Å². The van der Waals surface area contributed by atoms with Gasteiger partial charge in [-0.3, -0.25) is 10.1 Å². The number of nitrogens with zero attached hydrogens (tertiary/aromatic N) is 2. The smallest absolute Gasteiger partial charge is 0.345 e. The minimum absolute atomic E-state index is 0.0556. The van der Waals surface area contributed by atoms with Crippen LogP contribution in [-0.4, -0.2) is 9.91 Å². The van der Waals surface area contributed by atoms with Gasteiger partial charge in [0.25, 0.3) is 0 Å². The SMILES string of the molecule is CC(Nc1ncc([N+](=O)[O-])s1)c1ccsc1. The van der Waals surface area contributed by atoms with Crippen molar-refractivity contribution in [3.63, 3.8) is 0 Å². The van der Waals surface area contributed by atoms with Gasteiger partial charge in [0.05, 0.1) is 11.0 Å². The summed E-state index contributed by atoms with van der Waals surface area (Å²) < 4.78 is 0. The Morgan fingerprint density at radius 1 is 1.62 bits per heavy atom. The second-order valence-corrected chi connectivity index (χ2v) is 4.97. The van der Waals surface area contributed by atoms with E-state index in [-0.39, 0.29) is 11.0 Å². The normalized spacial score (nSPS) is 12.3. The van der Waals surface area contributed by atoms with E-state index in [9.17, 15) is 10.1 Å². The van der Waals surface area contributed by atoms with Crippen molar-refractivity contribution in [1.82, 2.24) is 4.98 Å². The number of thiophene rings is 1. The summed E-state index contributed by atoms with van der Waals surface area (Å²) >= 11 is 2.67. The van der Waals surface area contributed by atoms with Crippen molar-refractivity contribution in [2.24, 2.45) is 0 Å². The Kier molecular flexibility index (Phi) is 3.16. The van der Waals surface area contributed by atoms with Crippen molar-refractivity contribution < 1.29 is 4.92 Å². The van der Waals surface area contributed by atoms with Gasteiger partial charge in [-0.15, -0.1) is 0 Å². The van der Waals surface area contributed by atoms with E-state index in [2.05, 4.69) is 10.3 Å². The first kappa shape index (κ1) is 11.0. The molecule has 0 aliphatic heterocycles. The molecule has 5 nitrogen and oxygen atoms in total. The number of nitrogens with one attached hydrogen (secondary N) is 1. The van der Waals surface area contributed by atoms with Crippen molar-refractivity contribution in [3.05, 3.63) is 38.7 Å². The average molecular weight is 255 g/mol. The summed E-state index contributed by atoms with van der Waals surface area (Å²) in [4.78, 5) is 14.0. The van der Waals surface area contributed by atoms with Crippen LogP contribution in [0.1, 0.15) is 18.5 Å². The summed E-state index contributed by atoms with van der Waals surface area (Å²) in [5.74, 6) is 0. The minimum atomic E-state index is -0.432. The molecule has 1 N–H and O–H groups in total. The molecule has 7 heteroatoms. The molecular formula is C9H9N3O2S2. The third-order valence-corrected chi connectivity index (χ3v) is 3.64. The fourth-order valence-corrected chi connectivity index (χ4v) is 2.68. The highest BCUT2D eigenvalue weighted by Crippen LogP contribution is 2.28. The van der Waals surface area contributed by atoms with Crippen LogP contribution < -0.4 is 5.32 Å². The van der Waals surface area contributed by atoms with Crippen molar-refractivity contribution in [3.8, 4) is 0 Å². The van der Waals surface area contributed by atoms with Gasteiger partial charge in [0.1, 0.15) is 6.20 Å². The zero-order valence-corrected chi connectivity index (χ0v) is 10.0. The monoisotopic (exact) mass is 255 g/mol. The molecule has 1 unspecified atom stereocenters. The molecule has 0 saturated heterocycles. The van der Waals surface area contributed by atoms with Crippen LogP contribution in [0.3, 0.4) is 0 Å². The molecule has 2 aromatic rings. The highest BCUT2D eigenvalue weighted by atomic mass is 32.1. The Morgan fingerprint density at radius 2 is 2.44 bits per heavy atom. The molecular weight excluding hydrogens is 246 g/mol. The maximum Gasteiger partial charge on any atom is 0.345 e. The molecule has 2 aromatic heterocycles. The first-order valence-corrected chi connectivity index (χ1v) is 6.31. The number of anilines is 1. The topological polar surface area (TPSA) is 68.1 Å². The van der Waals surface area contributed by atoms with Crippen LogP contribution in [-0.2, 0) is 0 Å². The lowest BCUT2D eigenvalue weighted by molar-refractivity contribution is -0.380. The molecule has 2 rings (SSSR count). The van der Waals surface area contributed by atoms with Gasteiger partial charge in [0, 0.05) is 0 Å². The second kappa shape index (κ2) is 4.58. The Balaban J connectivity index is 2.06. The summed E-state index contributed by atoms with van der Waals surface area (Å²) in [6.07, 6.45) is 1.27. The van der Waals surface area contributed by atoms with Crippen molar-refractivity contribution in [1.29, 1.82) is 0 Å². The molecule has 0 aliphatic rings. The van der Waals surface area contributed by atoms with E-state index >= 15 is 0 Å². The number of nitro groups is 1. The molecule has 0 amide bonds. The van der Waals surface area contributed by atoms with Crippen LogP contribution >= 0.6 is 22.7 Å². The van der Waals surface area contributed by atoms with Crippen LogP contribution in [0.25, 0.3) is 0 Å². The van der Waals surface area contributed by atoms with Gasteiger partial charge in [-0.1, -0.05) is 0 Å². The van der Waals surface area contributed by atoms with E-state index in [0.717, 1.165) is 16.9 Å². The van der Waals surface area contributed by atoms with E-state index in [4.69, 9.17) is 0 Å². The lowest BCUT2D eigenvalue weighted by atomic mass is 10.2. The fourth-order valence-electron chi connectivity index (χ4n) is 1.21. The molecule has 1 atom stereocenters. The maximum atomic E-state index is 10.5. The van der Waals surface area contributed by atoms with Gasteiger partial charge in [-0.25, -0.2) is 4.98 Å². The number of rotatable bonds is 4. The van der Waals surface area contributed by atoms with Crippen molar-refractivity contribution >= 4 is 32.8 Å². The highest BCUT2D eigenvalue weighted by Gasteiger charge is 2.13. The summed E-state index contributed by atoms with van der Waals surface area (Å²) in [6, 6.07) is 2.13. The predicted molar refractivity (Wildman–Crippen MR) is 65.1 cm³/mol. The van der Waals surface area contributed by atoms with Gasteiger partial charge in [0.15, 0.2) is 5.13 Å². The van der Waals surface area contributed by atoms with Crippen molar-refractivity contribution in [2.45, 2.75) is 13.0 Å². The number of hydrogen-bond donors (Lipinski definition) is 1. The number of hydrogen-bond acceptors (Lipinski definition) is 6. The van der Waals surface area contributed by atoms with E-state index in [1.807, 2.05) is 23.8 Å². The van der Waals surface area contributed by atoms with Gasteiger partial charge in [-0.2, -0.15) is 11.3 Å². The average Bonchev–Trinajstić information content (AvgIpc) is 2.87. The molecule has 0 aromatic carbocycles. The van der Waals surface area contributed by atoms with Gasteiger partial charge >= 0.3 is 5.00 Å². The number of aromatic nitrogens is 1. The third kappa shape index (κ3) is 2.37. The summed E-state index contributed by atoms with van der Waals surface area (Å²) in [5, 5.41) is 18.3. The molecule has 0 saturated carbocycles. The molecule has 0 bridgehead atoms. The molecule has 0 aliphatic carbocycles. The van der Waals surface area contributed by atoms with Gasteiger partial charge in [0.2, 0.25) is 0 Å². The number of thiazole rings is 1. The molecule has 0 fully saturated rings. The van der Waals surface area contributed by atoms with Crippen LogP contribution in [0.15, 0.2) is 23.0 Å². The quantitative estimate of drug-likeness (QED) is 0.672. The lowest BCUT2D eigenvalue weighted by Gasteiger charge is -2.10. The lowest BCUT2D eigenvalue weighted by Crippen LogP contribution is -2.04. The van der Waals surface area contributed by atoms with Crippen LogP contribution in [0.4, 0.5) is 10.1 Å². The van der Waals surface area contributed by atoms with Gasteiger partial charge < -0.3 is 5.32 Å². The zero-order valence-electron chi connectivity index (χ0n) is 8.41. The first-order chi connectivity index (χ1) is 7.66. The molecule has 84 valence electrons. The Morgan fingerprint density at radius 3 is 3.00 bits per heavy atom. The van der Waals surface area contributed by atoms with Crippen LogP contribution in [0.2, 0.25) is 0 Å². The predicted octanol–water partition coefficient (Wildman–Crippen LogP) is 3.29. The Bertz CT molecular complexity index is 481. The Hall–Kier alpha value is -1.47. The van der Waals surface area contributed by atoms with Gasteiger partial charge in [-0.05, 0) is 40.7 Å². The van der Waals surface area contributed by atoms with E-state index in [1.54, 1.807) is 11.3 Å². The molecule has 0 spiro atoms. The third-order valence-electron chi connectivity index (χ3n) is 2.06. The molecule has 0 radical (unpaired) electrons. The Labute approximate surface area is 99.9 Å². The summed E-state index contributed by atoms with van der Waals surface area (Å²) in [6.45, 7) is 2.00. The first-order valence-electron chi connectivity index (χ1n) is 4.55. The molecule has 2 heterocycles. The van der Waals surface area contributed by atoms with E-state index < -0.39 is 4.92 Å². The van der Waals surface area contributed by atoms with Crippen LogP contribution in [0, 0.1) is 10.1 Å². The maximum absolute atomic E-state index is 10.5. The van der Waals surface area contributed by atoms with Crippen LogP contribution in [0.5, 0.6) is 0 Å². The van der Waals surface area contributed by atoms with E-state index in [1.165, 1.54) is 6.20 Å². The summed E-state index contributed by atoms with van der Waals surface area (Å²) in [7, 11) is 0. The summed E-state index contributed by atoms with van der Waals surface area (Å²) in [5.41, 5.74) is 1.16. The minimum Gasteiger partial charge on any atom is -0.355 e. The standard InChI is InChI=1S/C9H9N3O2S2/c1-6(7-2-3-15-5-7)11-9-10-4-8(16-9)12(13)14/h2-6H,1H3,(H,10,11). The second-order valence-electron chi connectivity index (χ2n) is 3.18. The molecule has 16 heavy (non-hydrogen) atoms. The largest absolute Gasteiger partial charge is 0.355 e. The zero-order chi connectivity index (χ0) is 11.5. The fraction of sp³-hybridized carbons (Fsp3) is 0.222. The van der Waals surface area contributed by atoms with Crippen molar-refractivity contribution in [2.75, 3.05) is 5.32 Å².